The highest BCUT2D eigenvalue weighted by Crippen LogP contribution is 2.30. The zero-order valence-electron chi connectivity index (χ0n) is 14.8. The molecule has 0 aliphatic carbocycles. The third-order valence-electron chi connectivity index (χ3n) is 3.62. The molecule has 1 amide bonds. The molecule has 0 fully saturated rings. The number of aromatic amines is 1. The summed E-state index contributed by atoms with van der Waals surface area (Å²) in [6.07, 6.45) is 0. The molecule has 0 radical (unpaired) electrons. The van der Waals surface area contributed by atoms with Crippen molar-refractivity contribution in [2.45, 2.75) is 26.0 Å². The molecule has 136 valence electrons. The van der Waals surface area contributed by atoms with Crippen LogP contribution in [0, 0.1) is 6.92 Å². The molecule has 1 N–H and O–H groups in total. The van der Waals surface area contributed by atoms with Gasteiger partial charge >= 0.3 is 5.97 Å². The average molecular weight is 383 g/mol. The van der Waals surface area contributed by atoms with Gasteiger partial charge < -0.3 is 14.6 Å². The molecule has 0 unspecified atom stereocenters. The van der Waals surface area contributed by atoms with Crippen LogP contribution in [-0.4, -0.2) is 53.2 Å². The summed E-state index contributed by atoms with van der Waals surface area (Å²) in [7, 11) is 3.40. The molecule has 1 atom stereocenters. The van der Waals surface area contributed by atoms with Crippen molar-refractivity contribution in [1.29, 1.82) is 0 Å². The Balaban J connectivity index is 2.33. The molecule has 25 heavy (non-hydrogen) atoms. The number of hydrogen-bond donors (Lipinski definition) is 1. The van der Waals surface area contributed by atoms with Gasteiger partial charge in [0.2, 0.25) is 5.91 Å². The van der Waals surface area contributed by atoms with Crippen molar-refractivity contribution in [1.82, 2.24) is 14.9 Å². The van der Waals surface area contributed by atoms with E-state index >= 15 is 0 Å². The molecule has 2 aromatic rings. The maximum Gasteiger partial charge on any atom is 0.348 e. The molecule has 0 saturated heterocycles. The molecule has 0 aliphatic rings. The average Bonchev–Trinajstić information content (AvgIpc) is 2.89. The Morgan fingerprint density at radius 3 is 2.68 bits per heavy atom. The zero-order chi connectivity index (χ0) is 18.7. The largest absolute Gasteiger partial charge is 0.462 e. The fraction of sp³-hybridized carbons (Fsp3) is 0.500. The summed E-state index contributed by atoms with van der Waals surface area (Å²) in [5.74, 6) is 0.346. The molecule has 0 saturated carbocycles. The van der Waals surface area contributed by atoms with Crippen LogP contribution in [0.25, 0.3) is 10.2 Å². The lowest BCUT2D eigenvalue weighted by molar-refractivity contribution is -0.125. The Hall–Kier alpha value is -1.87. The number of amides is 1. The first-order chi connectivity index (χ1) is 11.8. The van der Waals surface area contributed by atoms with E-state index in [4.69, 9.17) is 4.74 Å². The van der Waals surface area contributed by atoms with E-state index in [0.717, 1.165) is 11.3 Å². The highest BCUT2D eigenvalue weighted by molar-refractivity contribution is 8.00. The lowest BCUT2D eigenvalue weighted by Gasteiger charge is -2.13. The Labute approximate surface area is 153 Å². The number of aromatic nitrogens is 2. The van der Waals surface area contributed by atoms with Crippen LogP contribution >= 0.6 is 23.1 Å². The van der Waals surface area contributed by atoms with Gasteiger partial charge in [0.25, 0.3) is 5.56 Å². The lowest BCUT2D eigenvalue weighted by atomic mass is 10.2. The highest BCUT2D eigenvalue weighted by atomic mass is 32.2. The van der Waals surface area contributed by atoms with Crippen LogP contribution in [0.1, 0.15) is 40.2 Å². The normalized spacial score (nSPS) is 12.2. The molecule has 0 aromatic carbocycles. The van der Waals surface area contributed by atoms with Gasteiger partial charge in [-0.25, -0.2) is 9.78 Å². The summed E-state index contributed by atoms with van der Waals surface area (Å²) < 4.78 is 5.03. The number of thiophene rings is 1. The van der Waals surface area contributed by atoms with Crippen molar-refractivity contribution >= 4 is 45.2 Å². The van der Waals surface area contributed by atoms with Crippen LogP contribution in [0.4, 0.5) is 0 Å². The number of esters is 1. The van der Waals surface area contributed by atoms with Gasteiger partial charge in [0.15, 0.2) is 0 Å². The van der Waals surface area contributed by atoms with Crippen molar-refractivity contribution in [2.75, 3.05) is 26.5 Å². The van der Waals surface area contributed by atoms with Gasteiger partial charge in [0.05, 0.1) is 23.0 Å². The van der Waals surface area contributed by atoms with E-state index in [1.54, 1.807) is 27.9 Å². The Bertz CT molecular complexity index is 857. The smallest absolute Gasteiger partial charge is 0.348 e. The van der Waals surface area contributed by atoms with E-state index in [9.17, 15) is 14.4 Å². The number of ether oxygens (including phenoxy) is 1. The fourth-order valence-electron chi connectivity index (χ4n) is 2.15. The fourth-order valence-corrected chi connectivity index (χ4v) is 4.15. The number of carbonyl (C=O) groups is 2. The van der Waals surface area contributed by atoms with Crippen LogP contribution in [0.5, 0.6) is 0 Å². The van der Waals surface area contributed by atoms with E-state index in [1.165, 1.54) is 16.7 Å². The summed E-state index contributed by atoms with van der Waals surface area (Å²) in [6, 6.07) is 0. The van der Waals surface area contributed by atoms with Crippen LogP contribution in [0.15, 0.2) is 4.79 Å². The maximum atomic E-state index is 12.4. The topological polar surface area (TPSA) is 92.4 Å². The summed E-state index contributed by atoms with van der Waals surface area (Å²) >= 11 is 2.55. The van der Waals surface area contributed by atoms with Crippen molar-refractivity contribution in [3.8, 4) is 0 Å². The molecule has 2 heterocycles. The molecule has 0 bridgehead atoms. The molecule has 2 aromatic heterocycles. The minimum absolute atomic E-state index is 0.00293. The van der Waals surface area contributed by atoms with Crippen molar-refractivity contribution < 1.29 is 14.3 Å². The first kappa shape index (κ1) is 19.5. The summed E-state index contributed by atoms with van der Waals surface area (Å²) in [5, 5.41) is 0.257. The molecular formula is C16H21N3O4S2. The van der Waals surface area contributed by atoms with E-state index < -0.39 is 5.97 Å². The van der Waals surface area contributed by atoms with E-state index in [1.807, 2.05) is 6.92 Å². The number of rotatable bonds is 6. The molecular weight excluding hydrogens is 362 g/mol. The van der Waals surface area contributed by atoms with Gasteiger partial charge in [-0.3, -0.25) is 9.59 Å². The number of hydrogen-bond acceptors (Lipinski definition) is 7. The standard InChI is InChI=1S/C16H21N3O4S2/c1-6-23-16(22)12-8(2)11-14(21)17-13(18-15(11)25-12)9(3)24-7-10(20)19(4)5/h9H,6-7H2,1-5H3,(H,17,18,21)/t9-/m0/s1. The Morgan fingerprint density at radius 1 is 1.40 bits per heavy atom. The second-order valence-corrected chi connectivity index (χ2v) is 7.98. The Morgan fingerprint density at radius 2 is 2.08 bits per heavy atom. The molecule has 9 heteroatoms. The maximum absolute atomic E-state index is 12.4. The van der Waals surface area contributed by atoms with Crippen molar-refractivity contribution in [3.05, 3.63) is 26.6 Å². The molecule has 7 nitrogen and oxygen atoms in total. The third kappa shape index (κ3) is 4.21. The van der Waals surface area contributed by atoms with Crippen LogP contribution in [0.2, 0.25) is 0 Å². The summed E-state index contributed by atoms with van der Waals surface area (Å²) in [4.78, 5) is 45.8. The lowest BCUT2D eigenvalue weighted by Crippen LogP contribution is -2.24. The zero-order valence-corrected chi connectivity index (χ0v) is 16.5. The van der Waals surface area contributed by atoms with E-state index in [2.05, 4.69) is 9.97 Å². The number of carbonyl (C=O) groups excluding carboxylic acids is 2. The number of nitrogens with one attached hydrogen (secondary N) is 1. The van der Waals surface area contributed by atoms with Crippen LogP contribution in [0.3, 0.4) is 0 Å². The van der Waals surface area contributed by atoms with E-state index in [0.29, 0.717) is 32.2 Å². The summed E-state index contributed by atoms with van der Waals surface area (Å²) in [5.41, 5.74) is 0.303. The number of thioether (sulfide) groups is 1. The predicted octanol–water partition coefficient (Wildman–Crippen LogP) is 2.35. The minimum atomic E-state index is -0.442. The molecule has 0 spiro atoms. The quantitative estimate of drug-likeness (QED) is 0.770. The SMILES string of the molecule is CCOC(=O)c1sc2nc([C@H](C)SCC(=O)N(C)C)[nH]c(=O)c2c1C. The Kier molecular flexibility index (Phi) is 6.23. The van der Waals surface area contributed by atoms with Gasteiger partial charge in [0, 0.05) is 14.1 Å². The number of fused-ring (bicyclic) bond motifs is 1. The first-order valence-corrected chi connectivity index (χ1v) is 9.64. The highest BCUT2D eigenvalue weighted by Gasteiger charge is 2.21. The van der Waals surface area contributed by atoms with Gasteiger partial charge in [-0.05, 0) is 26.3 Å². The first-order valence-electron chi connectivity index (χ1n) is 7.78. The number of H-pyrrole nitrogens is 1. The number of aryl methyl sites for hydroxylation is 1. The summed E-state index contributed by atoms with van der Waals surface area (Å²) in [6.45, 7) is 5.60. The third-order valence-corrected chi connectivity index (χ3v) is 5.92. The monoisotopic (exact) mass is 383 g/mol. The van der Waals surface area contributed by atoms with Crippen LogP contribution in [-0.2, 0) is 9.53 Å². The minimum Gasteiger partial charge on any atom is -0.462 e. The van der Waals surface area contributed by atoms with Crippen LogP contribution < -0.4 is 5.56 Å². The van der Waals surface area contributed by atoms with Gasteiger partial charge in [-0.1, -0.05) is 0 Å². The van der Waals surface area contributed by atoms with Gasteiger partial charge in [-0.2, -0.15) is 0 Å². The molecule has 2 rings (SSSR count). The van der Waals surface area contributed by atoms with Crippen molar-refractivity contribution in [2.24, 2.45) is 0 Å². The second kappa shape index (κ2) is 8.01. The van der Waals surface area contributed by atoms with Gasteiger partial charge in [-0.15, -0.1) is 23.1 Å². The van der Waals surface area contributed by atoms with Crippen molar-refractivity contribution in [3.63, 3.8) is 0 Å². The second-order valence-electron chi connectivity index (χ2n) is 5.65. The predicted molar refractivity (Wildman–Crippen MR) is 101 cm³/mol. The number of nitrogens with zero attached hydrogens (tertiary/aromatic N) is 2. The van der Waals surface area contributed by atoms with Gasteiger partial charge in [0.1, 0.15) is 15.5 Å². The molecule has 0 aliphatic heterocycles. The van der Waals surface area contributed by atoms with E-state index in [-0.39, 0.29) is 23.3 Å².